The van der Waals surface area contributed by atoms with Crippen LogP contribution in [0.2, 0.25) is 0 Å². The molecule has 1 aliphatic rings. The second-order valence-electron chi connectivity index (χ2n) is 3.86. The normalized spacial score (nSPS) is 41.7. The first-order valence-corrected chi connectivity index (χ1v) is 4.21. The lowest BCUT2D eigenvalue weighted by Crippen LogP contribution is -2.33. The molecule has 0 heterocycles. The van der Waals surface area contributed by atoms with Crippen molar-refractivity contribution >= 4 is 0 Å². The molecule has 0 saturated heterocycles. The SMILES string of the molecule is COC1(C)CCCC(C)C1. The number of methoxy groups -OCH3 is 1. The molecular weight excluding hydrogens is 124 g/mol. The molecule has 0 aromatic carbocycles. The molecule has 0 spiro atoms. The van der Waals surface area contributed by atoms with E-state index in [0.29, 0.717) is 0 Å². The minimum absolute atomic E-state index is 0.192. The van der Waals surface area contributed by atoms with Crippen molar-refractivity contribution in [1.82, 2.24) is 0 Å². The summed E-state index contributed by atoms with van der Waals surface area (Å²) in [5, 5.41) is 0. The molecule has 10 heavy (non-hydrogen) atoms. The molecule has 1 saturated carbocycles. The Kier molecular flexibility index (Phi) is 2.35. The first-order chi connectivity index (χ1) is 4.66. The Morgan fingerprint density at radius 2 is 2.20 bits per heavy atom. The second kappa shape index (κ2) is 2.91. The molecule has 1 nitrogen and oxygen atoms in total. The topological polar surface area (TPSA) is 9.23 Å². The van der Waals surface area contributed by atoms with Crippen LogP contribution in [0.15, 0.2) is 0 Å². The Bertz CT molecular complexity index is 111. The molecule has 0 aromatic heterocycles. The predicted molar refractivity (Wildman–Crippen MR) is 43.0 cm³/mol. The summed E-state index contributed by atoms with van der Waals surface area (Å²) in [6, 6.07) is 0. The van der Waals surface area contributed by atoms with E-state index in [0.717, 1.165) is 5.92 Å². The number of ether oxygens (including phenoxy) is 1. The molecule has 0 amide bonds. The third kappa shape index (κ3) is 1.72. The Labute approximate surface area is 63.8 Å². The van der Waals surface area contributed by atoms with Gasteiger partial charge in [-0.1, -0.05) is 19.8 Å². The highest BCUT2D eigenvalue weighted by molar-refractivity contribution is 4.81. The van der Waals surface area contributed by atoms with Crippen molar-refractivity contribution in [3.63, 3.8) is 0 Å². The van der Waals surface area contributed by atoms with Gasteiger partial charge >= 0.3 is 0 Å². The maximum Gasteiger partial charge on any atom is 0.0653 e. The van der Waals surface area contributed by atoms with E-state index in [-0.39, 0.29) is 5.60 Å². The molecule has 1 aliphatic carbocycles. The van der Waals surface area contributed by atoms with Gasteiger partial charge in [-0.05, 0) is 25.7 Å². The molecular formula is C9H18O. The van der Waals surface area contributed by atoms with Crippen LogP contribution >= 0.6 is 0 Å². The zero-order valence-corrected chi connectivity index (χ0v) is 7.31. The van der Waals surface area contributed by atoms with Gasteiger partial charge in [0.25, 0.3) is 0 Å². The van der Waals surface area contributed by atoms with Gasteiger partial charge in [0.15, 0.2) is 0 Å². The monoisotopic (exact) mass is 142 g/mol. The van der Waals surface area contributed by atoms with Gasteiger partial charge in [0.2, 0.25) is 0 Å². The lowest BCUT2D eigenvalue weighted by molar-refractivity contribution is -0.0369. The molecule has 2 unspecified atom stereocenters. The third-order valence-electron chi connectivity index (χ3n) is 2.68. The third-order valence-corrected chi connectivity index (χ3v) is 2.68. The minimum atomic E-state index is 0.192. The standard InChI is InChI=1S/C9H18O/c1-8-5-4-6-9(2,7-8)10-3/h8H,4-7H2,1-3H3. The summed E-state index contributed by atoms with van der Waals surface area (Å²) in [7, 11) is 1.83. The summed E-state index contributed by atoms with van der Waals surface area (Å²) in [6.07, 6.45) is 5.21. The summed E-state index contributed by atoms with van der Waals surface area (Å²) < 4.78 is 5.45. The van der Waals surface area contributed by atoms with Gasteiger partial charge < -0.3 is 4.74 Å². The number of hydrogen-bond acceptors (Lipinski definition) is 1. The van der Waals surface area contributed by atoms with Crippen molar-refractivity contribution in [2.45, 2.75) is 45.1 Å². The Morgan fingerprint density at radius 3 is 2.60 bits per heavy atom. The van der Waals surface area contributed by atoms with Crippen molar-refractivity contribution in [1.29, 1.82) is 0 Å². The van der Waals surface area contributed by atoms with Crippen LogP contribution in [-0.2, 0) is 4.74 Å². The minimum Gasteiger partial charge on any atom is -0.379 e. The fourth-order valence-electron chi connectivity index (χ4n) is 1.95. The van der Waals surface area contributed by atoms with Crippen LogP contribution < -0.4 is 0 Å². The van der Waals surface area contributed by atoms with E-state index in [1.54, 1.807) is 0 Å². The largest absolute Gasteiger partial charge is 0.379 e. The van der Waals surface area contributed by atoms with E-state index in [2.05, 4.69) is 13.8 Å². The summed E-state index contributed by atoms with van der Waals surface area (Å²) in [4.78, 5) is 0. The van der Waals surface area contributed by atoms with Crippen LogP contribution in [0.3, 0.4) is 0 Å². The van der Waals surface area contributed by atoms with E-state index in [4.69, 9.17) is 4.74 Å². The molecule has 0 aliphatic heterocycles. The quantitative estimate of drug-likeness (QED) is 0.547. The molecule has 1 heteroatoms. The molecule has 1 fully saturated rings. The zero-order valence-electron chi connectivity index (χ0n) is 7.31. The second-order valence-corrected chi connectivity index (χ2v) is 3.86. The van der Waals surface area contributed by atoms with Gasteiger partial charge in [-0.2, -0.15) is 0 Å². The summed E-state index contributed by atoms with van der Waals surface area (Å²) in [5.41, 5.74) is 0.192. The van der Waals surface area contributed by atoms with Gasteiger partial charge in [-0.15, -0.1) is 0 Å². The lowest BCUT2D eigenvalue weighted by Gasteiger charge is -2.35. The van der Waals surface area contributed by atoms with Crippen LogP contribution in [0.4, 0.5) is 0 Å². The summed E-state index contributed by atoms with van der Waals surface area (Å²) >= 11 is 0. The van der Waals surface area contributed by atoms with E-state index in [1.165, 1.54) is 25.7 Å². The molecule has 0 aromatic rings. The smallest absolute Gasteiger partial charge is 0.0653 e. The number of rotatable bonds is 1. The van der Waals surface area contributed by atoms with E-state index >= 15 is 0 Å². The highest BCUT2D eigenvalue weighted by Crippen LogP contribution is 2.33. The summed E-state index contributed by atoms with van der Waals surface area (Å²) in [5.74, 6) is 0.860. The maximum absolute atomic E-state index is 5.45. The van der Waals surface area contributed by atoms with Crippen LogP contribution in [-0.4, -0.2) is 12.7 Å². The summed E-state index contributed by atoms with van der Waals surface area (Å²) in [6.45, 7) is 4.54. The van der Waals surface area contributed by atoms with Gasteiger partial charge in [-0.25, -0.2) is 0 Å². The van der Waals surface area contributed by atoms with Crippen molar-refractivity contribution in [2.75, 3.05) is 7.11 Å². The van der Waals surface area contributed by atoms with Crippen LogP contribution in [0, 0.1) is 5.92 Å². The fourth-order valence-corrected chi connectivity index (χ4v) is 1.95. The Hall–Kier alpha value is -0.0400. The predicted octanol–water partition coefficient (Wildman–Crippen LogP) is 2.60. The molecule has 2 atom stereocenters. The highest BCUT2D eigenvalue weighted by Gasteiger charge is 2.29. The van der Waals surface area contributed by atoms with Crippen LogP contribution in [0.1, 0.15) is 39.5 Å². The van der Waals surface area contributed by atoms with Gasteiger partial charge in [0, 0.05) is 7.11 Å². The number of hydrogen-bond donors (Lipinski definition) is 0. The van der Waals surface area contributed by atoms with E-state index in [9.17, 15) is 0 Å². The van der Waals surface area contributed by atoms with Gasteiger partial charge in [0.05, 0.1) is 5.60 Å². The zero-order chi connectivity index (χ0) is 7.61. The Morgan fingerprint density at radius 1 is 1.50 bits per heavy atom. The molecule has 60 valence electrons. The van der Waals surface area contributed by atoms with Crippen molar-refractivity contribution in [2.24, 2.45) is 5.92 Å². The van der Waals surface area contributed by atoms with E-state index < -0.39 is 0 Å². The molecule has 0 radical (unpaired) electrons. The maximum atomic E-state index is 5.45. The first kappa shape index (κ1) is 8.06. The van der Waals surface area contributed by atoms with Gasteiger partial charge in [0.1, 0.15) is 0 Å². The van der Waals surface area contributed by atoms with Crippen molar-refractivity contribution in [3.8, 4) is 0 Å². The Balaban J connectivity index is 2.45. The highest BCUT2D eigenvalue weighted by atomic mass is 16.5. The van der Waals surface area contributed by atoms with Crippen LogP contribution in [0.5, 0.6) is 0 Å². The van der Waals surface area contributed by atoms with Crippen molar-refractivity contribution in [3.05, 3.63) is 0 Å². The van der Waals surface area contributed by atoms with Crippen molar-refractivity contribution < 1.29 is 4.74 Å². The first-order valence-electron chi connectivity index (χ1n) is 4.21. The van der Waals surface area contributed by atoms with Crippen LogP contribution in [0.25, 0.3) is 0 Å². The molecule has 0 bridgehead atoms. The lowest BCUT2D eigenvalue weighted by atomic mass is 9.80. The molecule has 0 N–H and O–H groups in total. The average Bonchev–Trinajstić information content (AvgIpc) is 1.88. The average molecular weight is 142 g/mol. The fraction of sp³-hybridized carbons (Fsp3) is 1.00. The molecule has 1 rings (SSSR count). The van der Waals surface area contributed by atoms with Gasteiger partial charge in [-0.3, -0.25) is 0 Å². The van der Waals surface area contributed by atoms with E-state index in [1.807, 2.05) is 7.11 Å².